The van der Waals surface area contributed by atoms with Gasteiger partial charge in [0.1, 0.15) is 17.9 Å². The summed E-state index contributed by atoms with van der Waals surface area (Å²) in [7, 11) is 1.67. The third kappa shape index (κ3) is 2.95. The highest BCUT2D eigenvalue weighted by Gasteiger charge is 2.28. The van der Waals surface area contributed by atoms with Crippen molar-refractivity contribution in [3.8, 4) is 0 Å². The van der Waals surface area contributed by atoms with Crippen LogP contribution in [0.4, 0.5) is 10.1 Å². The van der Waals surface area contributed by atoms with Crippen molar-refractivity contribution in [3.05, 3.63) is 69.9 Å². The van der Waals surface area contributed by atoms with Gasteiger partial charge in [0.2, 0.25) is 0 Å². The largest absolute Gasteiger partial charge is 0.313 e. The first-order valence-corrected chi connectivity index (χ1v) is 8.01. The number of nitroso groups, excluding NO2 is 1. The minimum atomic E-state index is -0.642. The molecule has 2 aromatic carbocycles. The molecule has 0 aliphatic carbocycles. The van der Waals surface area contributed by atoms with Gasteiger partial charge in [-0.3, -0.25) is 9.79 Å². The molecule has 0 bridgehead atoms. The molecule has 0 spiro atoms. The molecule has 0 saturated heterocycles. The van der Waals surface area contributed by atoms with Gasteiger partial charge < -0.3 is 4.90 Å². The topological polar surface area (TPSA) is 62.1 Å². The Morgan fingerprint density at radius 3 is 2.60 bits per heavy atom. The van der Waals surface area contributed by atoms with Gasteiger partial charge in [0.25, 0.3) is 5.91 Å². The van der Waals surface area contributed by atoms with Crippen LogP contribution in [0.3, 0.4) is 0 Å². The molecule has 1 amide bonds. The van der Waals surface area contributed by atoms with E-state index < -0.39 is 17.9 Å². The summed E-state index contributed by atoms with van der Waals surface area (Å²) in [6, 6.07) is 10.4. The fourth-order valence-electron chi connectivity index (χ4n) is 2.94. The number of carbonyl (C=O) groups is 1. The molecule has 0 N–H and O–H groups in total. The van der Waals surface area contributed by atoms with Gasteiger partial charge in [0.05, 0.1) is 11.4 Å². The Hall–Kier alpha value is -2.89. The van der Waals surface area contributed by atoms with Crippen LogP contribution in [0.5, 0.6) is 0 Å². The second-order valence-electron chi connectivity index (χ2n) is 6.09. The van der Waals surface area contributed by atoms with Crippen LogP contribution in [-0.4, -0.2) is 24.7 Å². The van der Waals surface area contributed by atoms with E-state index in [-0.39, 0.29) is 5.91 Å². The van der Waals surface area contributed by atoms with Crippen molar-refractivity contribution >= 4 is 17.3 Å². The lowest BCUT2D eigenvalue weighted by Gasteiger charge is -2.20. The fraction of sp³-hybridized carbons (Fsp3) is 0.263. The number of amides is 1. The second kappa shape index (κ2) is 6.55. The molecule has 3 rings (SSSR count). The molecule has 2 aromatic rings. The number of likely N-dealkylation sites (N-methyl/N-ethyl adjacent to an activating group) is 1. The molecule has 6 heteroatoms. The van der Waals surface area contributed by atoms with Crippen molar-refractivity contribution in [1.82, 2.24) is 0 Å². The zero-order chi connectivity index (χ0) is 18.1. The van der Waals surface area contributed by atoms with Gasteiger partial charge in [0.15, 0.2) is 0 Å². The summed E-state index contributed by atoms with van der Waals surface area (Å²) in [5.41, 5.74) is 2.64. The first kappa shape index (κ1) is 17.0. The molecule has 0 fully saturated rings. The predicted octanol–water partition coefficient (Wildman–Crippen LogP) is 3.86. The number of nitrogens with zero attached hydrogens (tertiary/aromatic N) is 3. The van der Waals surface area contributed by atoms with Crippen LogP contribution in [0.1, 0.15) is 36.6 Å². The first-order chi connectivity index (χ1) is 11.9. The third-order valence-corrected chi connectivity index (χ3v) is 4.42. The van der Waals surface area contributed by atoms with Gasteiger partial charge in [-0.1, -0.05) is 23.4 Å². The Morgan fingerprint density at radius 2 is 1.92 bits per heavy atom. The number of rotatable bonds is 3. The maximum absolute atomic E-state index is 14.4. The zero-order valence-corrected chi connectivity index (χ0v) is 14.2. The second-order valence-corrected chi connectivity index (χ2v) is 6.09. The SMILES string of the molecule is CC1N=C(c2ccccc2F)c2cc(C(C)N=O)ccc2N(C)C1=O. The van der Waals surface area contributed by atoms with Gasteiger partial charge in [-0.25, -0.2) is 4.39 Å². The maximum atomic E-state index is 14.4. The van der Waals surface area contributed by atoms with Crippen LogP contribution in [-0.2, 0) is 4.79 Å². The number of benzene rings is 2. The Labute approximate surface area is 145 Å². The zero-order valence-electron chi connectivity index (χ0n) is 14.2. The highest BCUT2D eigenvalue weighted by atomic mass is 19.1. The minimum absolute atomic E-state index is 0.179. The third-order valence-electron chi connectivity index (χ3n) is 4.42. The number of halogens is 1. The highest BCUT2D eigenvalue weighted by molar-refractivity contribution is 6.20. The van der Waals surface area contributed by atoms with E-state index in [0.29, 0.717) is 28.1 Å². The molecule has 2 atom stereocenters. The Morgan fingerprint density at radius 1 is 1.20 bits per heavy atom. The number of aliphatic imine (C=N–C) groups is 1. The molecular formula is C19H18FN3O2. The van der Waals surface area contributed by atoms with Crippen molar-refractivity contribution in [3.63, 3.8) is 0 Å². The maximum Gasteiger partial charge on any atom is 0.251 e. The van der Waals surface area contributed by atoms with Crippen LogP contribution >= 0.6 is 0 Å². The molecule has 1 heterocycles. The predicted molar refractivity (Wildman–Crippen MR) is 95.6 cm³/mol. The van der Waals surface area contributed by atoms with Crippen molar-refractivity contribution in [2.45, 2.75) is 25.9 Å². The smallest absolute Gasteiger partial charge is 0.251 e. The molecule has 2 unspecified atom stereocenters. The quantitative estimate of drug-likeness (QED) is 0.797. The number of anilines is 1. The molecular weight excluding hydrogens is 321 g/mol. The molecule has 25 heavy (non-hydrogen) atoms. The van der Waals surface area contributed by atoms with Crippen LogP contribution in [0, 0.1) is 10.7 Å². The Kier molecular flexibility index (Phi) is 4.44. The van der Waals surface area contributed by atoms with Gasteiger partial charge in [0, 0.05) is 18.2 Å². The summed E-state index contributed by atoms with van der Waals surface area (Å²) in [4.78, 5) is 29.4. The summed E-state index contributed by atoms with van der Waals surface area (Å²) < 4.78 is 14.4. The number of hydrogen-bond acceptors (Lipinski definition) is 4. The standard InChI is InChI=1S/C19H18FN3O2/c1-11(22-25)13-8-9-17-15(10-13)18(14-6-4-5-7-16(14)20)21-12(2)19(24)23(17)3/h4-12H,1-3H3. The van der Waals surface area contributed by atoms with Crippen LogP contribution in [0.25, 0.3) is 0 Å². The van der Waals surface area contributed by atoms with Crippen molar-refractivity contribution in [2.24, 2.45) is 10.2 Å². The van der Waals surface area contributed by atoms with Crippen LogP contribution in [0.15, 0.2) is 52.6 Å². The van der Waals surface area contributed by atoms with E-state index in [1.165, 1.54) is 11.0 Å². The van der Waals surface area contributed by atoms with E-state index in [1.54, 1.807) is 57.3 Å². The van der Waals surface area contributed by atoms with Crippen molar-refractivity contribution < 1.29 is 9.18 Å². The van der Waals surface area contributed by atoms with Gasteiger partial charge in [-0.15, -0.1) is 0 Å². The average molecular weight is 339 g/mol. The normalized spacial score (nSPS) is 18.2. The van der Waals surface area contributed by atoms with E-state index in [9.17, 15) is 14.1 Å². The average Bonchev–Trinajstić information content (AvgIpc) is 2.72. The number of hydrogen-bond donors (Lipinski definition) is 0. The van der Waals surface area contributed by atoms with Gasteiger partial charge in [-0.05, 0) is 43.7 Å². The van der Waals surface area contributed by atoms with E-state index in [4.69, 9.17) is 0 Å². The lowest BCUT2D eigenvalue weighted by molar-refractivity contribution is -0.119. The molecule has 5 nitrogen and oxygen atoms in total. The summed E-state index contributed by atoms with van der Waals surface area (Å²) in [6.07, 6.45) is 0. The van der Waals surface area contributed by atoms with Gasteiger partial charge in [-0.2, -0.15) is 4.91 Å². The fourth-order valence-corrected chi connectivity index (χ4v) is 2.94. The Balaban J connectivity index is 2.29. The lowest BCUT2D eigenvalue weighted by atomic mass is 9.96. The van der Waals surface area contributed by atoms with E-state index >= 15 is 0 Å². The number of carbonyl (C=O) groups excluding carboxylic acids is 1. The monoisotopic (exact) mass is 339 g/mol. The summed E-state index contributed by atoms with van der Waals surface area (Å²) in [5, 5.41) is 3.05. The minimum Gasteiger partial charge on any atom is -0.313 e. The summed E-state index contributed by atoms with van der Waals surface area (Å²) >= 11 is 0. The molecule has 128 valence electrons. The first-order valence-electron chi connectivity index (χ1n) is 8.01. The molecule has 0 saturated carbocycles. The summed E-state index contributed by atoms with van der Waals surface area (Å²) in [5.74, 6) is -0.592. The lowest BCUT2D eigenvalue weighted by Crippen LogP contribution is -2.33. The van der Waals surface area contributed by atoms with Crippen LogP contribution in [0.2, 0.25) is 0 Å². The molecule has 1 aliphatic heterocycles. The van der Waals surface area contributed by atoms with Crippen molar-refractivity contribution in [1.29, 1.82) is 0 Å². The Bertz CT molecular complexity index is 879. The van der Waals surface area contributed by atoms with E-state index in [2.05, 4.69) is 10.2 Å². The number of fused-ring (bicyclic) bond motifs is 1. The van der Waals surface area contributed by atoms with E-state index in [0.717, 1.165) is 0 Å². The molecule has 0 aromatic heterocycles. The highest BCUT2D eigenvalue weighted by Crippen LogP contribution is 2.31. The summed E-state index contributed by atoms with van der Waals surface area (Å²) in [6.45, 7) is 3.37. The van der Waals surface area contributed by atoms with Crippen LogP contribution < -0.4 is 4.90 Å². The van der Waals surface area contributed by atoms with Crippen molar-refractivity contribution in [2.75, 3.05) is 11.9 Å². The van der Waals surface area contributed by atoms with Gasteiger partial charge >= 0.3 is 0 Å². The van der Waals surface area contributed by atoms with E-state index in [1.807, 2.05) is 0 Å². The number of benzodiazepines with no additional fused rings is 1. The molecule has 1 aliphatic rings. The molecule has 0 radical (unpaired) electrons.